The van der Waals surface area contributed by atoms with Crippen LogP contribution in [0.2, 0.25) is 5.02 Å². The fraction of sp³-hybridized carbons (Fsp3) is 0. The molecule has 3 nitrogen and oxygen atoms in total. The average Bonchev–Trinajstić information content (AvgIpc) is 2.74. The molecule has 1 aromatic heterocycles. The van der Waals surface area contributed by atoms with Crippen molar-refractivity contribution in [2.45, 2.75) is 0 Å². The number of halogens is 2. The van der Waals surface area contributed by atoms with Crippen molar-refractivity contribution in [1.29, 1.82) is 0 Å². The molecule has 2 aromatic carbocycles. The van der Waals surface area contributed by atoms with Gasteiger partial charge in [-0.25, -0.2) is 4.98 Å². The lowest BCUT2D eigenvalue weighted by atomic mass is 10.2. The maximum Gasteiger partial charge on any atom is 0.142 e. The highest BCUT2D eigenvalue weighted by Crippen LogP contribution is 2.31. The molecule has 0 saturated heterocycles. The second-order valence-electron chi connectivity index (χ2n) is 3.91. The molecule has 0 unspecified atom stereocenters. The Morgan fingerprint density at radius 3 is 2.83 bits per heavy atom. The number of nitrogens with one attached hydrogen (secondary N) is 1. The first-order valence-electron chi connectivity index (χ1n) is 5.27. The van der Waals surface area contributed by atoms with Crippen molar-refractivity contribution < 1.29 is 5.11 Å². The number of aromatic nitrogens is 2. The quantitative estimate of drug-likeness (QED) is 0.699. The van der Waals surface area contributed by atoms with Gasteiger partial charge in [-0.1, -0.05) is 27.5 Å². The zero-order chi connectivity index (χ0) is 12.7. The van der Waals surface area contributed by atoms with Crippen molar-refractivity contribution in [3.63, 3.8) is 0 Å². The van der Waals surface area contributed by atoms with E-state index in [0.29, 0.717) is 16.4 Å². The van der Waals surface area contributed by atoms with Crippen LogP contribution in [0, 0.1) is 0 Å². The second-order valence-corrected chi connectivity index (χ2v) is 5.26. The van der Waals surface area contributed by atoms with Gasteiger partial charge in [-0.15, -0.1) is 0 Å². The fourth-order valence-corrected chi connectivity index (χ4v) is 2.34. The summed E-state index contributed by atoms with van der Waals surface area (Å²) in [7, 11) is 0. The SMILES string of the molecule is Oc1ccc(Br)cc1-c1nc2ccc(Cl)cc2[nH]1. The summed E-state index contributed by atoms with van der Waals surface area (Å²) in [5.41, 5.74) is 2.31. The van der Waals surface area contributed by atoms with Gasteiger partial charge in [-0.3, -0.25) is 0 Å². The highest BCUT2D eigenvalue weighted by atomic mass is 79.9. The van der Waals surface area contributed by atoms with E-state index in [2.05, 4.69) is 25.9 Å². The third-order valence-corrected chi connectivity index (χ3v) is 3.39. The number of rotatable bonds is 1. The lowest BCUT2D eigenvalue weighted by Gasteiger charge is -2.01. The normalized spacial score (nSPS) is 11.0. The summed E-state index contributed by atoms with van der Waals surface area (Å²) in [6.07, 6.45) is 0. The molecule has 0 atom stereocenters. The molecule has 0 bridgehead atoms. The number of aromatic amines is 1. The predicted molar refractivity (Wildman–Crippen MR) is 75.9 cm³/mol. The van der Waals surface area contributed by atoms with E-state index in [4.69, 9.17) is 11.6 Å². The molecule has 0 aliphatic rings. The molecule has 0 radical (unpaired) electrons. The van der Waals surface area contributed by atoms with E-state index in [-0.39, 0.29) is 5.75 Å². The Morgan fingerprint density at radius 2 is 2.00 bits per heavy atom. The highest BCUT2D eigenvalue weighted by Gasteiger charge is 2.10. The van der Waals surface area contributed by atoms with E-state index < -0.39 is 0 Å². The number of benzene rings is 2. The first-order chi connectivity index (χ1) is 8.63. The molecule has 0 amide bonds. The summed E-state index contributed by atoms with van der Waals surface area (Å²) in [5.74, 6) is 0.800. The lowest BCUT2D eigenvalue weighted by molar-refractivity contribution is 0.477. The number of H-pyrrole nitrogens is 1. The third-order valence-electron chi connectivity index (χ3n) is 2.66. The van der Waals surface area contributed by atoms with Crippen molar-refractivity contribution >= 4 is 38.6 Å². The minimum atomic E-state index is 0.184. The molecule has 1 heterocycles. The van der Waals surface area contributed by atoms with E-state index >= 15 is 0 Å². The van der Waals surface area contributed by atoms with Gasteiger partial charge in [0.2, 0.25) is 0 Å². The van der Waals surface area contributed by atoms with E-state index in [1.807, 2.05) is 18.2 Å². The zero-order valence-corrected chi connectivity index (χ0v) is 11.5. The molecule has 3 aromatic rings. The molecule has 90 valence electrons. The Morgan fingerprint density at radius 1 is 1.17 bits per heavy atom. The van der Waals surface area contributed by atoms with Gasteiger partial charge in [0.1, 0.15) is 11.6 Å². The summed E-state index contributed by atoms with van der Waals surface area (Å²) in [6.45, 7) is 0. The van der Waals surface area contributed by atoms with Crippen LogP contribution in [0.4, 0.5) is 0 Å². The Labute approximate surface area is 117 Å². The van der Waals surface area contributed by atoms with Crippen LogP contribution in [0.1, 0.15) is 0 Å². The van der Waals surface area contributed by atoms with Crippen LogP contribution in [-0.4, -0.2) is 15.1 Å². The zero-order valence-electron chi connectivity index (χ0n) is 9.11. The number of aromatic hydroxyl groups is 1. The monoisotopic (exact) mass is 322 g/mol. The van der Waals surface area contributed by atoms with Gasteiger partial charge >= 0.3 is 0 Å². The summed E-state index contributed by atoms with van der Waals surface area (Å²) in [5, 5.41) is 10.5. The molecule has 3 rings (SSSR count). The molecule has 0 aliphatic heterocycles. The molecule has 5 heteroatoms. The predicted octanol–water partition coefficient (Wildman–Crippen LogP) is 4.35. The number of fused-ring (bicyclic) bond motifs is 1. The smallest absolute Gasteiger partial charge is 0.142 e. The average molecular weight is 324 g/mol. The van der Waals surface area contributed by atoms with Crippen molar-refractivity contribution in [2.24, 2.45) is 0 Å². The van der Waals surface area contributed by atoms with E-state index in [0.717, 1.165) is 15.5 Å². The molecule has 18 heavy (non-hydrogen) atoms. The van der Waals surface area contributed by atoms with Crippen LogP contribution in [-0.2, 0) is 0 Å². The van der Waals surface area contributed by atoms with Gasteiger partial charge in [0.05, 0.1) is 16.6 Å². The maximum atomic E-state index is 9.86. The van der Waals surface area contributed by atoms with Gasteiger partial charge in [0.15, 0.2) is 0 Å². The molecule has 0 spiro atoms. The topological polar surface area (TPSA) is 48.9 Å². The standard InChI is InChI=1S/C13H8BrClN2O/c14-7-1-4-12(18)9(5-7)13-16-10-3-2-8(15)6-11(10)17-13/h1-6,18H,(H,16,17). The summed E-state index contributed by atoms with van der Waals surface area (Å²) >= 11 is 9.30. The maximum absolute atomic E-state index is 9.86. The molecular formula is C13H8BrClN2O. The minimum Gasteiger partial charge on any atom is -0.507 e. The van der Waals surface area contributed by atoms with Gasteiger partial charge < -0.3 is 10.1 Å². The third kappa shape index (κ3) is 1.98. The Bertz CT molecular complexity index is 739. The van der Waals surface area contributed by atoms with Gasteiger partial charge in [-0.2, -0.15) is 0 Å². The molecule has 0 saturated carbocycles. The number of phenolic OH excluding ortho intramolecular Hbond substituents is 1. The molecule has 0 aliphatic carbocycles. The van der Waals surface area contributed by atoms with Crippen LogP contribution >= 0.6 is 27.5 Å². The van der Waals surface area contributed by atoms with Crippen LogP contribution in [0.15, 0.2) is 40.9 Å². The molecular weight excluding hydrogens is 316 g/mol. The first kappa shape index (κ1) is 11.6. The van der Waals surface area contributed by atoms with Crippen LogP contribution < -0.4 is 0 Å². The van der Waals surface area contributed by atoms with Gasteiger partial charge in [0.25, 0.3) is 0 Å². The van der Waals surface area contributed by atoms with Crippen molar-refractivity contribution in [2.75, 3.05) is 0 Å². The lowest BCUT2D eigenvalue weighted by Crippen LogP contribution is -1.81. The largest absolute Gasteiger partial charge is 0.507 e. The first-order valence-corrected chi connectivity index (χ1v) is 6.45. The van der Waals surface area contributed by atoms with Crippen LogP contribution in [0.3, 0.4) is 0 Å². The van der Waals surface area contributed by atoms with Crippen molar-refractivity contribution in [1.82, 2.24) is 9.97 Å². The van der Waals surface area contributed by atoms with E-state index in [1.54, 1.807) is 18.2 Å². The Balaban J connectivity index is 2.22. The number of phenols is 1. The number of hydrogen-bond donors (Lipinski definition) is 2. The molecule has 0 fully saturated rings. The number of imidazole rings is 1. The van der Waals surface area contributed by atoms with Crippen molar-refractivity contribution in [3.05, 3.63) is 45.9 Å². The summed E-state index contributed by atoms with van der Waals surface area (Å²) in [6, 6.07) is 10.6. The van der Waals surface area contributed by atoms with Crippen molar-refractivity contribution in [3.8, 4) is 17.1 Å². The van der Waals surface area contributed by atoms with Crippen LogP contribution in [0.5, 0.6) is 5.75 Å². The summed E-state index contributed by atoms with van der Waals surface area (Å²) in [4.78, 5) is 7.58. The highest BCUT2D eigenvalue weighted by molar-refractivity contribution is 9.10. The second kappa shape index (κ2) is 4.30. The summed E-state index contributed by atoms with van der Waals surface area (Å²) < 4.78 is 0.883. The van der Waals surface area contributed by atoms with E-state index in [9.17, 15) is 5.11 Å². The van der Waals surface area contributed by atoms with Gasteiger partial charge in [-0.05, 0) is 36.4 Å². The Hall–Kier alpha value is -1.52. The number of nitrogens with zero attached hydrogens (tertiary/aromatic N) is 1. The molecule has 2 N–H and O–H groups in total. The van der Waals surface area contributed by atoms with E-state index in [1.165, 1.54) is 0 Å². The minimum absolute atomic E-state index is 0.184. The fourth-order valence-electron chi connectivity index (χ4n) is 1.81. The Kier molecular flexibility index (Phi) is 2.76. The van der Waals surface area contributed by atoms with Gasteiger partial charge in [0, 0.05) is 9.50 Å². The number of hydrogen-bond acceptors (Lipinski definition) is 2. The van der Waals surface area contributed by atoms with Crippen LogP contribution in [0.25, 0.3) is 22.4 Å².